The Kier molecular flexibility index (Phi) is 3.94. The molecular formula is C9H15NO3S2. The summed E-state index contributed by atoms with van der Waals surface area (Å²) in [5.41, 5.74) is 0. The zero-order valence-electron chi connectivity index (χ0n) is 8.77. The zero-order chi connectivity index (χ0) is 11.6. The molecule has 86 valence electrons. The molecule has 0 aromatic carbocycles. The van der Waals surface area contributed by atoms with Crippen LogP contribution in [-0.4, -0.2) is 44.3 Å². The van der Waals surface area contributed by atoms with Gasteiger partial charge in [0.25, 0.3) is 0 Å². The van der Waals surface area contributed by atoms with Gasteiger partial charge in [-0.05, 0) is 19.6 Å². The van der Waals surface area contributed by atoms with Crippen molar-refractivity contribution in [3.8, 4) is 0 Å². The summed E-state index contributed by atoms with van der Waals surface area (Å²) in [6.07, 6.45) is 0.295. The largest absolute Gasteiger partial charge is 0.480 e. The van der Waals surface area contributed by atoms with Crippen molar-refractivity contribution in [3.63, 3.8) is 0 Å². The van der Waals surface area contributed by atoms with E-state index < -0.39 is 16.8 Å². The minimum atomic E-state index is -0.933. The molecule has 1 rings (SSSR count). The van der Waals surface area contributed by atoms with Crippen LogP contribution in [-0.2, 0) is 9.59 Å². The first-order chi connectivity index (χ1) is 6.90. The van der Waals surface area contributed by atoms with Crippen molar-refractivity contribution >= 4 is 36.3 Å². The molecule has 0 aromatic rings. The van der Waals surface area contributed by atoms with Crippen LogP contribution in [0.1, 0.15) is 20.3 Å². The van der Waals surface area contributed by atoms with Crippen LogP contribution in [0.3, 0.4) is 0 Å². The molecule has 1 fully saturated rings. The van der Waals surface area contributed by atoms with Crippen molar-refractivity contribution in [3.05, 3.63) is 0 Å². The molecule has 0 aromatic heterocycles. The number of carboxylic acids is 1. The summed E-state index contributed by atoms with van der Waals surface area (Å²) in [6.45, 7) is 3.70. The van der Waals surface area contributed by atoms with Gasteiger partial charge in [0.15, 0.2) is 0 Å². The highest BCUT2D eigenvalue weighted by atomic mass is 32.2. The number of hydrogen-bond donors (Lipinski definition) is 2. The van der Waals surface area contributed by atoms with Gasteiger partial charge in [0.1, 0.15) is 6.04 Å². The summed E-state index contributed by atoms with van der Waals surface area (Å²) in [7, 11) is 0. The molecule has 1 heterocycles. The van der Waals surface area contributed by atoms with Gasteiger partial charge in [0, 0.05) is 11.2 Å². The highest BCUT2D eigenvalue weighted by Gasteiger charge is 2.47. The van der Waals surface area contributed by atoms with Crippen molar-refractivity contribution in [2.45, 2.75) is 31.1 Å². The number of nitrogens with zero attached hydrogens (tertiary/aromatic N) is 1. The van der Waals surface area contributed by atoms with E-state index in [2.05, 4.69) is 12.6 Å². The Labute approximate surface area is 98.8 Å². The summed E-state index contributed by atoms with van der Waals surface area (Å²) in [5.74, 6) is -0.156. The maximum Gasteiger partial charge on any atom is 0.327 e. The maximum absolute atomic E-state index is 11.6. The SMILES string of the molecule is CC1(C)SCN(C(=O)CCS)[C@H]1C(=O)O. The average molecular weight is 249 g/mol. The van der Waals surface area contributed by atoms with Gasteiger partial charge in [-0.2, -0.15) is 12.6 Å². The van der Waals surface area contributed by atoms with Crippen molar-refractivity contribution in [2.75, 3.05) is 11.6 Å². The number of thioether (sulfide) groups is 1. The zero-order valence-corrected chi connectivity index (χ0v) is 10.5. The first kappa shape index (κ1) is 12.7. The monoisotopic (exact) mass is 249 g/mol. The van der Waals surface area contributed by atoms with Gasteiger partial charge < -0.3 is 10.0 Å². The number of rotatable bonds is 3. The van der Waals surface area contributed by atoms with E-state index in [0.717, 1.165) is 0 Å². The summed E-state index contributed by atoms with van der Waals surface area (Å²) in [6, 6.07) is -0.727. The highest BCUT2D eigenvalue weighted by Crippen LogP contribution is 2.39. The summed E-state index contributed by atoms with van der Waals surface area (Å²) in [5, 5.41) is 9.11. The average Bonchev–Trinajstić information content (AvgIpc) is 2.41. The van der Waals surface area contributed by atoms with Crippen molar-refractivity contribution in [1.29, 1.82) is 0 Å². The molecular weight excluding hydrogens is 234 g/mol. The van der Waals surface area contributed by atoms with E-state index in [9.17, 15) is 9.59 Å². The number of carbonyl (C=O) groups excluding carboxylic acids is 1. The van der Waals surface area contributed by atoms with Crippen LogP contribution in [0.4, 0.5) is 0 Å². The standard InChI is InChI=1S/C9H15NO3S2/c1-9(2)7(8(12)13)10(5-15-9)6(11)3-4-14/h7,14H,3-5H2,1-2H3,(H,12,13)/t7-/m0/s1. The molecule has 6 heteroatoms. The fourth-order valence-corrected chi connectivity index (χ4v) is 2.99. The minimum Gasteiger partial charge on any atom is -0.480 e. The second-order valence-corrected chi connectivity index (χ2v) is 6.00. The lowest BCUT2D eigenvalue weighted by Crippen LogP contribution is -2.48. The lowest BCUT2D eigenvalue weighted by atomic mass is 10.0. The molecule has 4 nitrogen and oxygen atoms in total. The van der Waals surface area contributed by atoms with E-state index in [-0.39, 0.29) is 5.91 Å². The van der Waals surface area contributed by atoms with Gasteiger partial charge in [0.05, 0.1) is 5.88 Å². The lowest BCUT2D eigenvalue weighted by molar-refractivity contribution is -0.149. The van der Waals surface area contributed by atoms with E-state index in [4.69, 9.17) is 5.11 Å². The van der Waals surface area contributed by atoms with Crippen molar-refractivity contribution in [1.82, 2.24) is 4.90 Å². The Morgan fingerprint density at radius 1 is 1.60 bits per heavy atom. The van der Waals surface area contributed by atoms with E-state index >= 15 is 0 Å². The van der Waals surface area contributed by atoms with Crippen LogP contribution in [0.25, 0.3) is 0 Å². The maximum atomic E-state index is 11.6. The summed E-state index contributed by atoms with van der Waals surface area (Å²) >= 11 is 5.47. The molecule has 0 spiro atoms. The Balaban J connectivity index is 2.83. The molecule has 0 bridgehead atoms. The van der Waals surface area contributed by atoms with Gasteiger partial charge in [-0.3, -0.25) is 4.79 Å². The van der Waals surface area contributed by atoms with Crippen LogP contribution in [0.2, 0.25) is 0 Å². The number of amides is 1. The molecule has 15 heavy (non-hydrogen) atoms. The molecule has 0 aliphatic carbocycles. The van der Waals surface area contributed by atoms with Crippen molar-refractivity contribution in [2.24, 2.45) is 0 Å². The number of aliphatic carboxylic acids is 1. The predicted octanol–water partition coefficient (Wildman–Crippen LogP) is 1.07. The van der Waals surface area contributed by atoms with E-state index in [1.807, 2.05) is 13.8 Å². The van der Waals surface area contributed by atoms with E-state index in [0.29, 0.717) is 18.1 Å². The molecule has 1 saturated heterocycles. The quantitative estimate of drug-likeness (QED) is 0.735. The summed E-state index contributed by atoms with van der Waals surface area (Å²) < 4.78 is -0.419. The second-order valence-electron chi connectivity index (χ2n) is 3.95. The van der Waals surface area contributed by atoms with Crippen LogP contribution in [0.5, 0.6) is 0 Å². The van der Waals surface area contributed by atoms with Crippen LogP contribution in [0, 0.1) is 0 Å². The minimum absolute atomic E-state index is 0.129. The molecule has 1 atom stereocenters. The molecule has 0 saturated carbocycles. The second kappa shape index (κ2) is 4.65. The number of thiol groups is 1. The smallest absolute Gasteiger partial charge is 0.327 e. The van der Waals surface area contributed by atoms with Gasteiger partial charge in [-0.25, -0.2) is 4.79 Å². The number of hydrogen-bond acceptors (Lipinski definition) is 4. The first-order valence-corrected chi connectivity index (χ1v) is 6.29. The first-order valence-electron chi connectivity index (χ1n) is 4.67. The number of carbonyl (C=O) groups is 2. The fourth-order valence-electron chi connectivity index (χ4n) is 1.65. The topological polar surface area (TPSA) is 57.6 Å². The normalized spacial score (nSPS) is 24.2. The Bertz CT molecular complexity index is 281. The van der Waals surface area contributed by atoms with Crippen molar-refractivity contribution < 1.29 is 14.7 Å². The third-order valence-electron chi connectivity index (χ3n) is 2.43. The number of carboxylic acid groups (broad SMARTS) is 1. The van der Waals surface area contributed by atoms with Gasteiger partial charge in [0.2, 0.25) is 5.91 Å². The van der Waals surface area contributed by atoms with Crippen LogP contribution < -0.4 is 0 Å². The molecule has 1 N–H and O–H groups in total. The molecule has 0 unspecified atom stereocenters. The van der Waals surface area contributed by atoms with Gasteiger partial charge in [-0.15, -0.1) is 11.8 Å². The molecule has 1 aliphatic heterocycles. The molecule has 0 radical (unpaired) electrons. The fraction of sp³-hybridized carbons (Fsp3) is 0.778. The lowest BCUT2D eigenvalue weighted by Gasteiger charge is -2.27. The summed E-state index contributed by atoms with van der Waals surface area (Å²) in [4.78, 5) is 24.2. The third-order valence-corrected chi connectivity index (χ3v) is 4.02. The van der Waals surface area contributed by atoms with Crippen LogP contribution in [0.15, 0.2) is 0 Å². The van der Waals surface area contributed by atoms with Crippen LogP contribution >= 0.6 is 24.4 Å². The van der Waals surface area contributed by atoms with E-state index in [1.54, 1.807) is 0 Å². The third kappa shape index (κ3) is 2.60. The Morgan fingerprint density at radius 2 is 2.20 bits per heavy atom. The van der Waals surface area contributed by atoms with Gasteiger partial charge in [-0.1, -0.05) is 0 Å². The predicted molar refractivity (Wildman–Crippen MR) is 63.3 cm³/mol. The highest BCUT2D eigenvalue weighted by molar-refractivity contribution is 8.00. The molecule has 1 amide bonds. The van der Waals surface area contributed by atoms with Gasteiger partial charge >= 0.3 is 5.97 Å². The van der Waals surface area contributed by atoms with E-state index in [1.165, 1.54) is 16.7 Å². The Morgan fingerprint density at radius 3 is 2.67 bits per heavy atom. The Hall–Kier alpha value is -0.360. The molecule has 1 aliphatic rings.